The van der Waals surface area contributed by atoms with Crippen molar-refractivity contribution in [3.63, 3.8) is 0 Å². The van der Waals surface area contributed by atoms with Crippen molar-refractivity contribution in [2.45, 2.75) is 24.4 Å². The summed E-state index contributed by atoms with van der Waals surface area (Å²) in [4.78, 5) is 0.175. The fourth-order valence-corrected chi connectivity index (χ4v) is 3.83. The first kappa shape index (κ1) is 17.5. The molecule has 2 rings (SSSR count). The topological polar surface area (TPSA) is 66.8 Å². The minimum absolute atomic E-state index is 0.175. The monoisotopic (exact) mass is 335 g/mol. The molecule has 6 heteroatoms. The van der Waals surface area contributed by atoms with Crippen LogP contribution in [0.5, 0.6) is 5.75 Å². The summed E-state index contributed by atoms with van der Waals surface area (Å²) in [5.74, 6) is 0.591. The Morgan fingerprint density at radius 1 is 1.09 bits per heavy atom. The average molecular weight is 335 g/mol. The molecule has 0 saturated carbocycles. The van der Waals surface area contributed by atoms with Crippen LogP contribution < -0.4 is 4.74 Å². The molecule has 2 aromatic rings. The molecular formula is C17H21NO4S. The van der Waals surface area contributed by atoms with E-state index in [2.05, 4.69) is 0 Å². The summed E-state index contributed by atoms with van der Waals surface area (Å²) in [6.07, 6.45) is 0. The highest BCUT2D eigenvalue weighted by atomic mass is 32.2. The van der Waals surface area contributed by atoms with Crippen LogP contribution in [-0.2, 0) is 16.6 Å². The molecular weight excluding hydrogens is 314 g/mol. The van der Waals surface area contributed by atoms with Gasteiger partial charge in [-0.1, -0.05) is 30.3 Å². The number of hydrogen-bond acceptors (Lipinski definition) is 4. The Labute approximate surface area is 137 Å². The van der Waals surface area contributed by atoms with Crippen molar-refractivity contribution < 1.29 is 18.3 Å². The van der Waals surface area contributed by atoms with Crippen LogP contribution in [0, 0.1) is 0 Å². The molecule has 0 heterocycles. The highest BCUT2D eigenvalue weighted by Crippen LogP contribution is 2.23. The molecule has 0 aliphatic rings. The Balaban J connectivity index is 2.36. The van der Waals surface area contributed by atoms with Gasteiger partial charge in [0, 0.05) is 12.6 Å². The first-order chi connectivity index (χ1) is 11.0. The second-order valence-corrected chi connectivity index (χ2v) is 7.13. The third-order valence-corrected chi connectivity index (χ3v) is 5.58. The van der Waals surface area contributed by atoms with E-state index in [0.717, 1.165) is 5.56 Å². The number of methoxy groups -OCH3 is 1. The van der Waals surface area contributed by atoms with Gasteiger partial charge in [-0.3, -0.25) is 0 Å². The standard InChI is InChI=1S/C17H21NO4S/c1-14(13-19)18(12-15-6-4-3-5-7-15)23(20,21)17-10-8-16(22-2)9-11-17/h3-11,14,19H,12-13H2,1-2H3/t14-/m1/s1. The SMILES string of the molecule is COc1ccc(S(=O)(=O)N(Cc2ccccc2)[C@H](C)CO)cc1. The Morgan fingerprint density at radius 3 is 2.22 bits per heavy atom. The van der Waals surface area contributed by atoms with Gasteiger partial charge in [-0.2, -0.15) is 4.31 Å². The average Bonchev–Trinajstić information content (AvgIpc) is 2.59. The van der Waals surface area contributed by atoms with Crippen LogP contribution in [-0.4, -0.2) is 37.6 Å². The molecule has 0 bridgehead atoms. The minimum Gasteiger partial charge on any atom is -0.497 e. The lowest BCUT2D eigenvalue weighted by Gasteiger charge is -2.27. The number of aliphatic hydroxyl groups excluding tert-OH is 1. The maximum atomic E-state index is 12.9. The smallest absolute Gasteiger partial charge is 0.243 e. The van der Waals surface area contributed by atoms with Crippen molar-refractivity contribution in [3.05, 3.63) is 60.2 Å². The van der Waals surface area contributed by atoms with Crippen LogP contribution in [0.15, 0.2) is 59.5 Å². The van der Waals surface area contributed by atoms with Gasteiger partial charge >= 0.3 is 0 Å². The summed E-state index contributed by atoms with van der Waals surface area (Å²) >= 11 is 0. The van der Waals surface area contributed by atoms with Gasteiger partial charge in [0.25, 0.3) is 0 Å². The van der Waals surface area contributed by atoms with E-state index in [4.69, 9.17) is 4.74 Å². The molecule has 2 aromatic carbocycles. The van der Waals surface area contributed by atoms with E-state index in [1.54, 1.807) is 19.1 Å². The summed E-state index contributed by atoms with van der Waals surface area (Å²) < 4.78 is 32.2. The van der Waals surface area contributed by atoms with Gasteiger partial charge < -0.3 is 9.84 Å². The Hall–Kier alpha value is -1.89. The number of ether oxygens (including phenoxy) is 1. The van der Waals surface area contributed by atoms with Gasteiger partial charge in [-0.05, 0) is 36.8 Å². The van der Waals surface area contributed by atoms with Crippen molar-refractivity contribution in [2.24, 2.45) is 0 Å². The lowest BCUT2D eigenvalue weighted by Crippen LogP contribution is -2.40. The molecule has 0 aliphatic heterocycles. The number of aliphatic hydroxyl groups is 1. The third kappa shape index (κ3) is 4.10. The minimum atomic E-state index is -3.72. The van der Waals surface area contributed by atoms with Gasteiger partial charge in [0.15, 0.2) is 0 Å². The van der Waals surface area contributed by atoms with E-state index >= 15 is 0 Å². The van der Waals surface area contributed by atoms with Gasteiger partial charge in [-0.15, -0.1) is 0 Å². The summed E-state index contributed by atoms with van der Waals surface area (Å²) in [6.45, 7) is 1.64. The molecule has 0 fully saturated rings. The predicted octanol–water partition coefficient (Wildman–Crippen LogP) is 2.27. The maximum Gasteiger partial charge on any atom is 0.243 e. The van der Waals surface area contributed by atoms with Crippen LogP contribution >= 0.6 is 0 Å². The second-order valence-electron chi connectivity index (χ2n) is 5.24. The van der Waals surface area contributed by atoms with Crippen molar-refractivity contribution in [1.82, 2.24) is 4.31 Å². The maximum absolute atomic E-state index is 12.9. The number of hydrogen-bond donors (Lipinski definition) is 1. The summed E-state index contributed by atoms with van der Waals surface area (Å²) in [5.41, 5.74) is 0.866. The predicted molar refractivity (Wildman–Crippen MR) is 88.7 cm³/mol. The van der Waals surface area contributed by atoms with Crippen LogP contribution in [0.2, 0.25) is 0 Å². The molecule has 23 heavy (non-hydrogen) atoms. The van der Waals surface area contributed by atoms with Crippen LogP contribution in [0.3, 0.4) is 0 Å². The quantitative estimate of drug-likeness (QED) is 0.843. The lowest BCUT2D eigenvalue weighted by molar-refractivity contribution is 0.194. The molecule has 0 radical (unpaired) electrons. The van der Waals surface area contributed by atoms with Crippen molar-refractivity contribution in [3.8, 4) is 5.75 Å². The molecule has 0 amide bonds. The van der Waals surface area contributed by atoms with E-state index in [-0.39, 0.29) is 18.0 Å². The zero-order chi connectivity index (χ0) is 16.9. The molecule has 0 saturated heterocycles. The number of benzene rings is 2. The highest BCUT2D eigenvalue weighted by Gasteiger charge is 2.28. The van der Waals surface area contributed by atoms with Gasteiger partial charge in [0.2, 0.25) is 10.0 Å². The van der Waals surface area contributed by atoms with Crippen LogP contribution in [0.25, 0.3) is 0 Å². The Morgan fingerprint density at radius 2 is 1.70 bits per heavy atom. The molecule has 0 aliphatic carbocycles. The van der Waals surface area contributed by atoms with Crippen molar-refractivity contribution in [2.75, 3.05) is 13.7 Å². The van der Waals surface area contributed by atoms with Gasteiger partial charge in [0.05, 0.1) is 18.6 Å². The lowest BCUT2D eigenvalue weighted by atomic mass is 10.2. The molecule has 5 nitrogen and oxygen atoms in total. The van der Waals surface area contributed by atoms with E-state index < -0.39 is 16.1 Å². The molecule has 1 atom stereocenters. The number of rotatable bonds is 7. The zero-order valence-electron chi connectivity index (χ0n) is 13.2. The second kappa shape index (κ2) is 7.59. The Bertz CT molecular complexity index is 714. The highest BCUT2D eigenvalue weighted by molar-refractivity contribution is 7.89. The largest absolute Gasteiger partial charge is 0.497 e. The molecule has 0 aromatic heterocycles. The van der Waals surface area contributed by atoms with Crippen LogP contribution in [0.4, 0.5) is 0 Å². The number of sulfonamides is 1. The van der Waals surface area contributed by atoms with Gasteiger partial charge in [0.1, 0.15) is 5.75 Å². The fraction of sp³-hybridized carbons (Fsp3) is 0.294. The van der Waals surface area contributed by atoms with E-state index in [1.807, 2.05) is 30.3 Å². The Kier molecular flexibility index (Phi) is 5.76. The summed E-state index contributed by atoms with van der Waals surface area (Å²) in [5, 5.41) is 9.45. The summed E-state index contributed by atoms with van der Waals surface area (Å²) in [6, 6.07) is 15.0. The van der Waals surface area contributed by atoms with E-state index in [9.17, 15) is 13.5 Å². The van der Waals surface area contributed by atoms with Gasteiger partial charge in [-0.25, -0.2) is 8.42 Å². The zero-order valence-corrected chi connectivity index (χ0v) is 14.0. The molecule has 0 unspecified atom stereocenters. The molecule has 0 spiro atoms. The summed E-state index contributed by atoms with van der Waals surface area (Å²) in [7, 11) is -2.19. The first-order valence-electron chi connectivity index (χ1n) is 7.29. The number of nitrogens with zero attached hydrogens (tertiary/aromatic N) is 1. The first-order valence-corrected chi connectivity index (χ1v) is 8.73. The van der Waals surface area contributed by atoms with Crippen molar-refractivity contribution >= 4 is 10.0 Å². The molecule has 124 valence electrons. The van der Waals surface area contributed by atoms with Crippen LogP contribution in [0.1, 0.15) is 12.5 Å². The van der Waals surface area contributed by atoms with Crippen molar-refractivity contribution in [1.29, 1.82) is 0 Å². The van der Waals surface area contributed by atoms with E-state index in [0.29, 0.717) is 5.75 Å². The van der Waals surface area contributed by atoms with E-state index in [1.165, 1.54) is 23.5 Å². The fourth-order valence-electron chi connectivity index (χ4n) is 2.22. The molecule has 1 N–H and O–H groups in total. The normalized spacial score (nSPS) is 13.0. The third-order valence-electron chi connectivity index (χ3n) is 3.60.